The molecule has 0 fully saturated rings. The normalized spacial score (nSPS) is 11.4. The molecule has 5 aromatic rings. The van der Waals surface area contributed by atoms with E-state index in [0.29, 0.717) is 5.02 Å². The van der Waals surface area contributed by atoms with E-state index in [1.807, 2.05) is 30.5 Å². The maximum Gasteiger partial charge on any atom is 0.0737 e. The van der Waals surface area contributed by atoms with Crippen LogP contribution in [0.4, 0.5) is 5.69 Å². The van der Waals surface area contributed by atoms with Crippen LogP contribution in [0.5, 0.6) is 0 Å². The van der Waals surface area contributed by atoms with Crippen LogP contribution in [0, 0.1) is 0 Å². The lowest BCUT2D eigenvalue weighted by molar-refractivity contribution is 0.253. The first kappa shape index (κ1) is 23.3. The largest absolute Gasteiger partial charge is 0.384 e. The summed E-state index contributed by atoms with van der Waals surface area (Å²) < 4.78 is 0. The van der Waals surface area contributed by atoms with Gasteiger partial charge in [0.25, 0.3) is 0 Å². The number of nitrogens with zero attached hydrogens (tertiary/aromatic N) is 2. The Labute approximate surface area is 212 Å². The maximum absolute atomic E-state index is 6.13. The molecular formula is C31H30ClN3. The SMILES string of the molecule is Clc1ccc2c(NCCCCN(Cc3ccccc3)Cc3cccc4ccccc34)ccnc2c1. The standard InChI is InChI=1S/C31H30ClN3/c32-27-15-16-29-30(17-19-34-31(29)21-27)33-18-6-7-20-35(22-24-9-2-1-3-10-24)23-26-13-8-12-25-11-4-5-14-28(25)26/h1-5,8-17,19,21H,6-7,18,20,22-23H2,(H,33,34). The van der Waals surface area contributed by atoms with Crippen LogP contribution in [-0.4, -0.2) is 23.0 Å². The predicted molar refractivity (Wildman–Crippen MR) is 149 cm³/mol. The average Bonchev–Trinajstić information content (AvgIpc) is 2.89. The summed E-state index contributed by atoms with van der Waals surface area (Å²) in [7, 11) is 0. The number of rotatable bonds is 10. The van der Waals surface area contributed by atoms with Gasteiger partial charge < -0.3 is 5.32 Å². The van der Waals surface area contributed by atoms with Gasteiger partial charge in [0.1, 0.15) is 0 Å². The van der Waals surface area contributed by atoms with Gasteiger partial charge >= 0.3 is 0 Å². The van der Waals surface area contributed by atoms with Crippen molar-refractivity contribution < 1.29 is 0 Å². The van der Waals surface area contributed by atoms with Crippen molar-refractivity contribution in [3.63, 3.8) is 0 Å². The Kier molecular flexibility index (Phi) is 7.57. The number of pyridine rings is 1. The zero-order valence-electron chi connectivity index (χ0n) is 19.8. The molecule has 0 aliphatic rings. The van der Waals surface area contributed by atoms with E-state index < -0.39 is 0 Å². The molecule has 5 rings (SSSR count). The third-order valence-corrected chi connectivity index (χ3v) is 6.68. The van der Waals surface area contributed by atoms with Gasteiger partial charge in [0, 0.05) is 41.9 Å². The second-order valence-electron chi connectivity index (χ2n) is 8.99. The quantitative estimate of drug-likeness (QED) is 0.206. The number of nitrogens with one attached hydrogen (secondary N) is 1. The zero-order valence-corrected chi connectivity index (χ0v) is 20.6. The molecule has 176 valence electrons. The zero-order chi connectivity index (χ0) is 23.9. The Morgan fingerprint density at radius 3 is 2.49 bits per heavy atom. The average molecular weight is 480 g/mol. The highest BCUT2D eigenvalue weighted by Gasteiger charge is 2.10. The first-order valence-corrected chi connectivity index (χ1v) is 12.7. The Hall–Kier alpha value is -3.40. The summed E-state index contributed by atoms with van der Waals surface area (Å²) in [5.41, 5.74) is 4.78. The minimum Gasteiger partial charge on any atom is -0.384 e. The molecule has 35 heavy (non-hydrogen) atoms. The topological polar surface area (TPSA) is 28.2 Å². The number of hydrogen-bond acceptors (Lipinski definition) is 3. The van der Waals surface area contributed by atoms with Crippen molar-refractivity contribution in [1.29, 1.82) is 0 Å². The third kappa shape index (κ3) is 6.00. The van der Waals surface area contributed by atoms with Crippen molar-refractivity contribution in [1.82, 2.24) is 9.88 Å². The Bertz CT molecular complexity index is 1400. The summed E-state index contributed by atoms with van der Waals surface area (Å²) in [6, 6.07) is 34.0. The second kappa shape index (κ2) is 11.4. The molecule has 0 amide bonds. The van der Waals surface area contributed by atoms with E-state index in [-0.39, 0.29) is 0 Å². The highest BCUT2D eigenvalue weighted by atomic mass is 35.5. The molecule has 3 nitrogen and oxygen atoms in total. The first-order valence-electron chi connectivity index (χ1n) is 12.3. The van der Waals surface area contributed by atoms with Gasteiger partial charge in [-0.3, -0.25) is 9.88 Å². The lowest BCUT2D eigenvalue weighted by atomic mass is 10.0. The summed E-state index contributed by atoms with van der Waals surface area (Å²) in [5, 5.41) is 8.08. The molecule has 0 saturated carbocycles. The van der Waals surface area contributed by atoms with Crippen LogP contribution in [0.2, 0.25) is 5.02 Å². The highest BCUT2D eigenvalue weighted by molar-refractivity contribution is 6.31. The number of anilines is 1. The molecule has 0 spiro atoms. The van der Waals surface area contributed by atoms with E-state index in [9.17, 15) is 0 Å². The van der Waals surface area contributed by atoms with Crippen molar-refractivity contribution in [3.05, 3.63) is 119 Å². The minimum atomic E-state index is 0.715. The van der Waals surface area contributed by atoms with Gasteiger partial charge in [0.2, 0.25) is 0 Å². The lowest BCUT2D eigenvalue weighted by Gasteiger charge is -2.23. The fraction of sp³-hybridized carbons (Fsp3) is 0.194. The molecule has 4 aromatic carbocycles. The fourth-order valence-corrected chi connectivity index (χ4v) is 4.85. The summed E-state index contributed by atoms with van der Waals surface area (Å²) >= 11 is 6.13. The molecule has 0 saturated heterocycles. The third-order valence-electron chi connectivity index (χ3n) is 6.44. The molecule has 1 heterocycles. The predicted octanol–water partition coefficient (Wildman–Crippen LogP) is 7.94. The maximum atomic E-state index is 6.13. The van der Waals surface area contributed by atoms with E-state index in [2.05, 4.69) is 88.0 Å². The van der Waals surface area contributed by atoms with Crippen LogP contribution in [0.25, 0.3) is 21.7 Å². The molecule has 0 bridgehead atoms. The van der Waals surface area contributed by atoms with E-state index in [1.54, 1.807) is 0 Å². The Balaban J connectivity index is 1.22. The van der Waals surface area contributed by atoms with Crippen molar-refractivity contribution in [2.24, 2.45) is 0 Å². The number of halogens is 1. The molecule has 1 N–H and O–H groups in total. The molecule has 0 aliphatic heterocycles. The van der Waals surface area contributed by atoms with Gasteiger partial charge in [-0.1, -0.05) is 84.4 Å². The first-order chi connectivity index (χ1) is 17.3. The van der Waals surface area contributed by atoms with Crippen LogP contribution in [0.15, 0.2) is 103 Å². The van der Waals surface area contributed by atoms with Gasteiger partial charge in [-0.25, -0.2) is 0 Å². The monoisotopic (exact) mass is 479 g/mol. The van der Waals surface area contributed by atoms with E-state index in [4.69, 9.17) is 11.6 Å². The summed E-state index contributed by atoms with van der Waals surface area (Å²) in [5.74, 6) is 0. The van der Waals surface area contributed by atoms with Crippen LogP contribution < -0.4 is 5.32 Å². The molecule has 0 unspecified atom stereocenters. The van der Waals surface area contributed by atoms with Gasteiger partial charge in [-0.15, -0.1) is 0 Å². The number of aromatic nitrogens is 1. The van der Waals surface area contributed by atoms with Crippen molar-refractivity contribution in [2.45, 2.75) is 25.9 Å². The number of unbranched alkanes of at least 4 members (excludes halogenated alkanes) is 1. The summed E-state index contributed by atoms with van der Waals surface area (Å²) in [4.78, 5) is 7.01. The van der Waals surface area contributed by atoms with E-state index in [0.717, 1.165) is 55.6 Å². The number of hydrogen-bond donors (Lipinski definition) is 1. The van der Waals surface area contributed by atoms with Crippen molar-refractivity contribution >= 4 is 39.0 Å². The fourth-order valence-electron chi connectivity index (χ4n) is 4.69. The molecule has 0 aliphatic carbocycles. The number of fused-ring (bicyclic) bond motifs is 2. The van der Waals surface area contributed by atoms with E-state index in [1.165, 1.54) is 21.9 Å². The Morgan fingerprint density at radius 1 is 0.743 bits per heavy atom. The highest BCUT2D eigenvalue weighted by Crippen LogP contribution is 2.25. The van der Waals surface area contributed by atoms with Gasteiger partial charge in [-0.05, 0) is 65.6 Å². The van der Waals surface area contributed by atoms with Crippen LogP contribution in [0.3, 0.4) is 0 Å². The van der Waals surface area contributed by atoms with Gasteiger partial charge in [-0.2, -0.15) is 0 Å². The Morgan fingerprint density at radius 2 is 1.57 bits per heavy atom. The van der Waals surface area contributed by atoms with Crippen molar-refractivity contribution in [3.8, 4) is 0 Å². The smallest absolute Gasteiger partial charge is 0.0737 e. The summed E-state index contributed by atoms with van der Waals surface area (Å²) in [6.45, 7) is 3.87. The van der Waals surface area contributed by atoms with Gasteiger partial charge in [0.15, 0.2) is 0 Å². The van der Waals surface area contributed by atoms with Crippen molar-refractivity contribution in [2.75, 3.05) is 18.4 Å². The minimum absolute atomic E-state index is 0.715. The molecule has 0 radical (unpaired) electrons. The molecule has 1 aromatic heterocycles. The van der Waals surface area contributed by atoms with Crippen LogP contribution >= 0.6 is 11.6 Å². The number of benzene rings is 4. The van der Waals surface area contributed by atoms with E-state index >= 15 is 0 Å². The summed E-state index contributed by atoms with van der Waals surface area (Å²) in [6.07, 6.45) is 4.06. The van der Waals surface area contributed by atoms with Crippen LogP contribution in [0.1, 0.15) is 24.0 Å². The van der Waals surface area contributed by atoms with Gasteiger partial charge in [0.05, 0.1) is 5.52 Å². The second-order valence-corrected chi connectivity index (χ2v) is 9.42. The molecule has 4 heteroatoms. The molecular weight excluding hydrogens is 450 g/mol. The molecule has 0 atom stereocenters. The van der Waals surface area contributed by atoms with Crippen LogP contribution in [-0.2, 0) is 13.1 Å². The lowest BCUT2D eigenvalue weighted by Crippen LogP contribution is -2.24.